The fraction of sp³-hybridized carbons (Fsp3) is 0.333. The Kier molecular flexibility index (Phi) is 4.14. The van der Waals surface area contributed by atoms with Crippen LogP contribution in [-0.4, -0.2) is 23.2 Å². The van der Waals surface area contributed by atoms with Crippen LogP contribution < -0.4 is 4.72 Å². The van der Waals surface area contributed by atoms with Crippen molar-refractivity contribution in [3.8, 4) is 0 Å². The molecule has 1 aromatic heterocycles. The predicted molar refractivity (Wildman–Crippen MR) is 73.4 cm³/mol. The summed E-state index contributed by atoms with van der Waals surface area (Å²) in [5.74, 6) is -0.521. The van der Waals surface area contributed by atoms with Crippen molar-refractivity contribution in [3.63, 3.8) is 0 Å². The van der Waals surface area contributed by atoms with E-state index in [4.69, 9.17) is 0 Å². The average molecular weight is 334 g/mol. The zero-order chi connectivity index (χ0) is 16.5. The van der Waals surface area contributed by atoms with E-state index in [0.29, 0.717) is 5.82 Å². The van der Waals surface area contributed by atoms with Gasteiger partial charge in [-0.05, 0) is 18.6 Å². The van der Waals surface area contributed by atoms with E-state index in [2.05, 4.69) is 14.8 Å². The number of benzene rings is 1. The molecule has 0 aliphatic rings. The number of rotatable bonds is 4. The summed E-state index contributed by atoms with van der Waals surface area (Å²) in [6.07, 6.45) is -4.62. The smallest absolute Gasteiger partial charge is 0.251 e. The third kappa shape index (κ3) is 3.75. The summed E-state index contributed by atoms with van der Waals surface area (Å²) in [5.41, 5.74) is -1.31. The maximum absolute atomic E-state index is 12.9. The molecule has 10 heteroatoms. The van der Waals surface area contributed by atoms with Crippen LogP contribution in [0, 0.1) is 6.92 Å². The molecule has 1 heterocycles. The van der Waals surface area contributed by atoms with Crippen molar-refractivity contribution >= 4 is 16.0 Å². The van der Waals surface area contributed by atoms with Crippen LogP contribution in [0.1, 0.15) is 17.0 Å². The van der Waals surface area contributed by atoms with Gasteiger partial charge in [0.25, 0.3) is 0 Å². The van der Waals surface area contributed by atoms with Crippen LogP contribution in [0.5, 0.6) is 0 Å². The minimum absolute atomic E-state index is 0.0537. The lowest BCUT2D eigenvalue weighted by Crippen LogP contribution is -2.20. The van der Waals surface area contributed by atoms with E-state index >= 15 is 0 Å². The molecule has 0 aliphatic carbocycles. The van der Waals surface area contributed by atoms with Gasteiger partial charge in [0.05, 0.1) is 11.3 Å². The normalized spacial score (nSPS) is 12.4. The van der Waals surface area contributed by atoms with Gasteiger partial charge in [-0.3, -0.25) is 4.72 Å². The van der Waals surface area contributed by atoms with Gasteiger partial charge in [-0.2, -0.15) is 23.3 Å². The lowest BCUT2D eigenvalue weighted by Gasteiger charge is -2.13. The Morgan fingerprint density at radius 2 is 1.91 bits per heavy atom. The zero-order valence-corrected chi connectivity index (χ0v) is 12.5. The van der Waals surface area contributed by atoms with Gasteiger partial charge in [-0.15, -0.1) is 0 Å². The van der Waals surface area contributed by atoms with Gasteiger partial charge in [0.1, 0.15) is 5.82 Å². The van der Waals surface area contributed by atoms with Crippen molar-refractivity contribution in [2.24, 2.45) is 7.05 Å². The lowest BCUT2D eigenvalue weighted by molar-refractivity contribution is -0.138. The lowest BCUT2D eigenvalue weighted by atomic mass is 10.1. The van der Waals surface area contributed by atoms with Crippen LogP contribution in [0.15, 0.2) is 24.3 Å². The number of alkyl halides is 3. The van der Waals surface area contributed by atoms with Crippen LogP contribution >= 0.6 is 0 Å². The minimum Gasteiger partial charge on any atom is -0.251 e. The molecule has 120 valence electrons. The fourth-order valence-electron chi connectivity index (χ4n) is 1.90. The van der Waals surface area contributed by atoms with Gasteiger partial charge in [0.15, 0.2) is 0 Å². The molecule has 0 saturated carbocycles. The Morgan fingerprint density at radius 3 is 2.45 bits per heavy atom. The topological polar surface area (TPSA) is 76.9 Å². The molecule has 1 N–H and O–H groups in total. The Bertz CT molecular complexity index is 784. The van der Waals surface area contributed by atoms with Crippen molar-refractivity contribution in [1.82, 2.24) is 14.8 Å². The summed E-state index contributed by atoms with van der Waals surface area (Å²) in [6.45, 7) is 1.57. The maximum Gasteiger partial charge on any atom is 0.416 e. The maximum atomic E-state index is 12.9. The van der Waals surface area contributed by atoms with Crippen LogP contribution in [0.2, 0.25) is 0 Å². The highest BCUT2D eigenvalue weighted by Gasteiger charge is 2.34. The van der Waals surface area contributed by atoms with E-state index in [-0.39, 0.29) is 11.5 Å². The molecule has 0 amide bonds. The number of aryl methyl sites for hydroxylation is 2. The first-order valence-corrected chi connectivity index (χ1v) is 7.77. The standard InChI is InChI=1S/C12H13F3N4O2S/c1-8-16-11(19(2)17-8)18-22(20,21)7-9-5-3-4-6-10(9)12(13,14)15/h3-6H,7H2,1-2H3,(H,16,17,18). The van der Waals surface area contributed by atoms with Crippen LogP contribution in [0.4, 0.5) is 19.1 Å². The van der Waals surface area contributed by atoms with E-state index in [1.807, 2.05) is 0 Å². The summed E-state index contributed by atoms with van der Waals surface area (Å²) in [5, 5.41) is 3.86. The molecule has 6 nitrogen and oxygen atoms in total. The molecule has 0 bridgehead atoms. The van der Waals surface area contributed by atoms with Gasteiger partial charge in [0, 0.05) is 7.05 Å². The zero-order valence-electron chi connectivity index (χ0n) is 11.7. The van der Waals surface area contributed by atoms with E-state index in [0.717, 1.165) is 12.1 Å². The Labute approximate surface area is 125 Å². The van der Waals surface area contributed by atoms with Crippen molar-refractivity contribution in [2.45, 2.75) is 18.9 Å². The van der Waals surface area contributed by atoms with E-state index in [1.165, 1.54) is 23.9 Å². The highest BCUT2D eigenvalue weighted by molar-refractivity contribution is 7.91. The molecular weight excluding hydrogens is 321 g/mol. The SMILES string of the molecule is Cc1nc(NS(=O)(=O)Cc2ccccc2C(F)(F)F)n(C)n1. The number of hydrogen-bond donors (Lipinski definition) is 1. The number of aromatic nitrogens is 3. The summed E-state index contributed by atoms with van der Waals surface area (Å²) >= 11 is 0. The number of sulfonamides is 1. The van der Waals surface area contributed by atoms with Gasteiger partial charge in [-0.1, -0.05) is 18.2 Å². The first-order chi connectivity index (χ1) is 10.1. The second-order valence-corrected chi connectivity index (χ2v) is 6.34. The molecule has 0 radical (unpaired) electrons. The van der Waals surface area contributed by atoms with Gasteiger partial charge in [-0.25, -0.2) is 13.1 Å². The molecule has 1 aromatic carbocycles. The number of hydrogen-bond acceptors (Lipinski definition) is 4. The molecule has 22 heavy (non-hydrogen) atoms. The molecule has 0 spiro atoms. The summed E-state index contributed by atoms with van der Waals surface area (Å²) in [4.78, 5) is 3.85. The van der Waals surface area contributed by atoms with E-state index in [1.54, 1.807) is 6.92 Å². The monoisotopic (exact) mass is 334 g/mol. The first-order valence-electron chi connectivity index (χ1n) is 6.12. The number of anilines is 1. The number of halogens is 3. The second kappa shape index (κ2) is 5.59. The van der Waals surface area contributed by atoms with Crippen LogP contribution in [-0.2, 0) is 29.0 Å². The minimum atomic E-state index is -4.62. The summed E-state index contributed by atoms with van der Waals surface area (Å²) in [7, 11) is -2.58. The van der Waals surface area contributed by atoms with Crippen LogP contribution in [0.25, 0.3) is 0 Å². The highest BCUT2D eigenvalue weighted by atomic mass is 32.2. The Hall–Kier alpha value is -2.10. The van der Waals surface area contributed by atoms with Gasteiger partial charge in [0.2, 0.25) is 16.0 Å². The molecule has 0 saturated heterocycles. The quantitative estimate of drug-likeness (QED) is 0.929. The summed E-state index contributed by atoms with van der Waals surface area (Å²) in [6, 6.07) is 4.53. The van der Waals surface area contributed by atoms with Crippen molar-refractivity contribution < 1.29 is 21.6 Å². The molecule has 2 rings (SSSR count). The number of nitrogens with one attached hydrogen (secondary N) is 1. The van der Waals surface area contributed by atoms with Gasteiger partial charge < -0.3 is 0 Å². The second-order valence-electron chi connectivity index (χ2n) is 4.62. The molecule has 2 aromatic rings. The van der Waals surface area contributed by atoms with Crippen molar-refractivity contribution in [2.75, 3.05) is 4.72 Å². The Balaban J connectivity index is 2.28. The third-order valence-corrected chi connectivity index (χ3v) is 3.97. The fourth-order valence-corrected chi connectivity index (χ4v) is 3.09. The third-order valence-electron chi connectivity index (χ3n) is 2.78. The highest BCUT2D eigenvalue weighted by Crippen LogP contribution is 2.32. The van der Waals surface area contributed by atoms with Gasteiger partial charge >= 0.3 is 6.18 Å². The Morgan fingerprint density at radius 1 is 1.27 bits per heavy atom. The first kappa shape index (κ1) is 16.3. The molecule has 0 fully saturated rings. The summed E-state index contributed by atoms with van der Waals surface area (Å²) < 4.78 is 66.1. The average Bonchev–Trinajstić information content (AvgIpc) is 2.65. The predicted octanol–water partition coefficient (Wildman–Crippen LogP) is 2.08. The van der Waals surface area contributed by atoms with Crippen molar-refractivity contribution in [3.05, 3.63) is 41.2 Å². The molecular formula is C12H13F3N4O2S. The van der Waals surface area contributed by atoms with E-state index in [9.17, 15) is 21.6 Å². The number of nitrogens with zero attached hydrogens (tertiary/aromatic N) is 3. The largest absolute Gasteiger partial charge is 0.416 e. The molecule has 0 aliphatic heterocycles. The molecule has 0 unspecified atom stereocenters. The van der Waals surface area contributed by atoms with Crippen molar-refractivity contribution in [1.29, 1.82) is 0 Å². The molecule has 0 atom stereocenters. The van der Waals surface area contributed by atoms with E-state index < -0.39 is 27.5 Å². The van der Waals surface area contributed by atoms with Crippen LogP contribution in [0.3, 0.4) is 0 Å².